The molecule has 2 amide bonds. The fourth-order valence-electron chi connectivity index (χ4n) is 5.06. The highest BCUT2D eigenvalue weighted by molar-refractivity contribution is 6.00. The molecule has 33 heavy (non-hydrogen) atoms. The Morgan fingerprint density at radius 1 is 0.879 bits per heavy atom. The van der Waals surface area contributed by atoms with E-state index in [2.05, 4.69) is 32.8 Å². The lowest BCUT2D eigenvalue weighted by atomic mass is 10.1. The molecule has 1 aromatic heterocycles. The number of rotatable bonds is 4. The van der Waals surface area contributed by atoms with Gasteiger partial charge in [-0.1, -0.05) is 6.07 Å². The molecule has 5 rings (SSSR count). The molecule has 3 fully saturated rings. The van der Waals surface area contributed by atoms with E-state index < -0.39 is 0 Å². The monoisotopic (exact) mass is 448 g/mol. The average Bonchev–Trinajstić information content (AvgIpc) is 3.51. The second kappa shape index (κ2) is 9.00. The molecule has 1 atom stereocenters. The van der Waals surface area contributed by atoms with Crippen molar-refractivity contribution >= 4 is 29.1 Å². The van der Waals surface area contributed by atoms with Crippen molar-refractivity contribution in [1.82, 2.24) is 14.9 Å². The first kappa shape index (κ1) is 21.7. The van der Waals surface area contributed by atoms with Crippen molar-refractivity contribution in [2.75, 3.05) is 60.5 Å². The van der Waals surface area contributed by atoms with Gasteiger partial charge in [-0.3, -0.25) is 9.59 Å². The highest BCUT2D eigenvalue weighted by Crippen LogP contribution is 2.29. The quantitative estimate of drug-likeness (QED) is 0.715. The molecule has 8 nitrogen and oxygen atoms in total. The number of aryl methyl sites for hydroxylation is 2. The van der Waals surface area contributed by atoms with Crippen molar-refractivity contribution in [2.45, 2.75) is 33.1 Å². The summed E-state index contributed by atoms with van der Waals surface area (Å²) in [5, 5.41) is 0. The average molecular weight is 449 g/mol. The zero-order valence-electron chi connectivity index (χ0n) is 19.5. The first-order chi connectivity index (χ1) is 16.0. The van der Waals surface area contributed by atoms with Crippen LogP contribution in [0.25, 0.3) is 0 Å². The smallest absolute Gasteiger partial charge is 0.228 e. The third kappa shape index (κ3) is 4.38. The van der Waals surface area contributed by atoms with Gasteiger partial charge in [0.1, 0.15) is 18.0 Å². The van der Waals surface area contributed by atoms with Crippen molar-refractivity contribution in [2.24, 2.45) is 5.92 Å². The molecule has 0 unspecified atom stereocenters. The van der Waals surface area contributed by atoms with Gasteiger partial charge in [-0.15, -0.1) is 0 Å². The van der Waals surface area contributed by atoms with Crippen molar-refractivity contribution in [3.8, 4) is 0 Å². The fraction of sp³-hybridized carbons (Fsp3) is 0.520. The van der Waals surface area contributed by atoms with Crippen LogP contribution in [-0.4, -0.2) is 72.5 Å². The van der Waals surface area contributed by atoms with Crippen molar-refractivity contribution in [3.63, 3.8) is 0 Å². The summed E-state index contributed by atoms with van der Waals surface area (Å²) in [6.45, 7) is 9.46. The second-order valence-electron chi connectivity index (χ2n) is 9.41. The number of hydrogen-bond acceptors (Lipinski definition) is 6. The Morgan fingerprint density at radius 3 is 2.21 bits per heavy atom. The van der Waals surface area contributed by atoms with Crippen LogP contribution < -0.4 is 14.7 Å². The highest BCUT2D eigenvalue weighted by Gasteiger charge is 2.38. The molecular formula is C25H32N6O2. The van der Waals surface area contributed by atoms with E-state index in [0.29, 0.717) is 19.6 Å². The zero-order chi connectivity index (χ0) is 22.9. The van der Waals surface area contributed by atoms with Crippen molar-refractivity contribution in [3.05, 3.63) is 41.7 Å². The summed E-state index contributed by atoms with van der Waals surface area (Å²) in [7, 11) is 0. The minimum atomic E-state index is -0.272. The Kier molecular flexibility index (Phi) is 5.91. The Labute approximate surface area is 195 Å². The third-order valence-electron chi connectivity index (χ3n) is 7.26. The lowest BCUT2D eigenvalue weighted by Crippen LogP contribution is -2.51. The Hall–Kier alpha value is -3.16. The summed E-state index contributed by atoms with van der Waals surface area (Å²) >= 11 is 0. The topological polar surface area (TPSA) is 72.9 Å². The van der Waals surface area contributed by atoms with E-state index in [1.165, 1.54) is 18.4 Å². The summed E-state index contributed by atoms with van der Waals surface area (Å²) in [5.41, 5.74) is 3.25. The Bertz CT molecular complexity index is 1040. The van der Waals surface area contributed by atoms with E-state index in [-0.39, 0.29) is 24.2 Å². The van der Waals surface area contributed by atoms with E-state index in [4.69, 9.17) is 0 Å². The molecule has 0 aliphatic carbocycles. The highest BCUT2D eigenvalue weighted by atomic mass is 16.2. The van der Waals surface area contributed by atoms with Crippen LogP contribution >= 0.6 is 0 Å². The number of carbonyl (C=O) groups excluding carboxylic acids is 2. The lowest BCUT2D eigenvalue weighted by Gasteiger charge is -2.36. The van der Waals surface area contributed by atoms with E-state index in [9.17, 15) is 9.59 Å². The fourth-order valence-corrected chi connectivity index (χ4v) is 5.06. The van der Waals surface area contributed by atoms with Gasteiger partial charge in [0.15, 0.2) is 0 Å². The summed E-state index contributed by atoms with van der Waals surface area (Å²) in [6.07, 6.45) is 4.36. The molecule has 174 valence electrons. The number of aromatic nitrogens is 2. The van der Waals surface area contributed by atoms with Crippen LogP contribution in [0.4, 0.5) is 17.3 Å². The van der Waals surface area contributed by atoms with Gasteiger partial charge in [0.25, 0.3) is 0 Å². The van der Waals surface area contributed by atoms with Gasteiger partial charge in [-0.25, -0.2) is 9.97 Å². The van der Waals surface area contributed by atoms with Gasteiger partial charge in [0.2, 0.25) is 11.8 Å². The summed E-state index contributed by atoms with van der Waals surface area (Å²) in [4.78, 5) is 43.0. The van der Waals surface area contributed by atoms with Crippen LogP contribution in [0.15, 0.2) is 30.6 Å². The molecule has 3 saturated heterocycles. The van der Waals surface area contributed by atoms with Gasteiger partial charge < -0.3 is 19.6 Å². The Balaban J connectivity index is 1.19. The normalized spacial score (nSPS) is 21.3. The number of nitrogens with zero attached hydrogens (tertiary/aromatic N) is 6. The zero-order valence-corrected chi connectivity index (χ0v) is 19.5. The molecular weight excluding hydrogens is 416 g/mol. The largest absolute Gasteiger partial charge is 0.356 e. The van der Waals surface area contributed by atoms with Crippen LogP contribution in [0.5, 0.6) is 0 Å². The van der Waals surface area contributed by atoms with Gasteiger partial charge in [0, 0.05) is 64.0 Å². The molecule has 3 aliphatic heterocycles. The molecule has 0 radical (unpaired) electrons. The summed E-state index contributed by atoms with van der Waals surface area (Å²) < 4.78 is 0. The number of piperazine rings is 1. The van der Waals surface area contributed by atoms with Crippen LogP contribution in [0.2, 0.25) is 0 Å². The van der Waals surface area contributed by atoms with E-state index in [0.717, 1.165) is 49.1 Å². The number of carbonyl (C=O) groups is 2. The first-order valence-corrected chi connectivity index (χ1v) is 12.0. The number of hydrogen-bond donors (Lipinski definition) is 0. The molecule has 4 heterocycles. The molecule has 0 spiro atoms. The van der Waals surface area contributed by atoms with E-state index in [1.807, 2.05) is 30.0 Å². The van der Waals surface area contributed by atoms with Crippen molar-refractivity contribution < 1.29 is 9.59 Å². The molecule has 8 heteroatoms. The van der Waals surface area contributed by atoms with Crippen LogP contribution in [0.1, 0.15) is 30.4 Å². The van der Waals surface area contributed by atoms with E-state index in [1.54, 1.807) is 11.2 Å². The standard InChI is InChI=1S/C25H32N6O2/c1-18-5-6-21(13-19(18)2)31-16-20(14-24(31)32)25(33)30-11-9-29(10-12-30)23-15-22(26-17-27-23)28-7-3-4-8-28/h5-6,13,15,17,20H,3-4,7-12,14,16H2,1-2H3/t20-/m1/s1. The third-order valence-corrected chi connectivity index (χ3v) is 7.26. The lowest BCUT2D eigenvalue weighted by molar-refractivity contribution is -0.136. The maximum absolute atomic E-state index is 13.2. The molecule has 0 bridgehead atoms. The molecule has 2 aromatic rings. The Morgan fingerprint density at radius 2 is 1.55 bits per heavy atom. The predicted octanol–water partition coefficient (Wildman–Crippen LogP) is 2.40. The first-order valence-electron chi connectivity index (χ1n) is 12.0. The van der Waals surface area contributed by atoms with Crippen LogP contribution in [-0.2, 0) is 9.59 Å². The summed E-state index contributed by atoms with van der Waals surface area (Å²) in [6, 6.07) is 8.12. The SMILES string of the molecule is Cc1ccc(N2C[C@H](C(=O)N3CCN(c4cc(N5CCCC5)ncn4)CC3)CC2=O)cc1C. The summed E-state index contributed by atoms with van der Waals surface area (Å²) in [5.74, 6) is 1.77. The molecule has 1 aromatic carbocycles. The van der Waals surface area contributed by atoms with Gasteiger partial charge >= 0.3 is 0 Å². The molecule has 0 saturated carbocycles. The van der Waals surface area contributed by atoms with Crippen molar-refractivity contribution in [1.29, 1.82) is 0 Å². The number of amides is 2. The van der Waals surface area contributed by atoms with Gasteiger partial charge in [-0.05, 0) is 49.9 Å². The van der Waals surface area contributed by atoms with Crippen LogP contribution in [0, 0.1) is 19.8 Å². The van der Waals surface area contributed by atoms with Crippen LogP contribution in [0.3, 0.4) is 0 Å². The minimum Gasteiger partial charge on any atom is -0.356 e. The van der Waals surface area contributed by atoms with Gasteiger partial charge in [0.05, 0.1) is 5.92 Å². The molecule has 0 N–H and O–H groups in total. The maximum atomic E-state index is 13.2. The predicted molar refractivity (Wildman–Crippen MR) is 129 cm³/mol. The maximum Gasteiger partial charge on any atom is 0.228 e. The van der Waals surface area contributed by atoms with Gasteiger partial charge in [-0.2, -0.15) is 0 Å². The minimum absolute atomic E-state index is 0.0330. The van der Waals surface area contributed by atoms with E-state index >= 15 is 0 Å². The second-order valence-corrected chi connectivity index (χ2v) is 9.41. The number of benzene rings is 1. The number of anilines is 3. The molecule has 3 aliphatic rings.